The fraction of sp³-hybridized carbons (Fsp3) is 0.714. The highest BCUT2D eigenvalue weighted by molar-refractivity contribution is 5.05. The summed E-state index contributed by atoms with van der Waals surface area (Å²) in [6.45, 7) is 12.9. The van der Waals surface area contributed by atoms with Gasteiger partial charge in [-0.15, -0.1) is 6.58 Å². The molecule has 0 rings (SSSR count). The third kappa shape index (κ3) is 6.94. The third-order valence-electron chi connectivity index (χ3n) is 2.83. The molecule has 0 nitrogen and oxygen atoms in total. The van der Waals surface area contributed by atoms with Crippen LogP contribution >= 0.6 is 0 Å². The Balaban J connectivity index is 3.92. The van der Waals surface area contributed by atoms with Crippen LogP contribution < -0.4 is 0 Å². The maximum atomic E-state index is 3.95. The first-order chi connectivity index (χ1) is 6.60. The lowest BCUT2D eigenvalue weighted by Gasteiger charge is -2.08. The van der Waals surface area contributed by atoms with Crippen molar-refractivity contribution in [1.82, 2.24) is 0 Å². The molecule has 1 unspecified atom stereocenters. The van der Waals surface area contributed by atoms with E-state index in [1.54, 1.807) is 5.57 Å². The van der Waals surface area contributed by atoms with Crippen LogP contribution in [0.3, 0.4) is 0 Å². The van der Waals surface area contributed by atoms with Crippen LogP contribution in [-0.4, -0.2) is 0 Å². The Labute approximate surface area is 90.1 Å². The topological polar surface area (TPSA) is 0 Å². The molecule has 82 valence electrons. The van der Waals surface area contributed by atoms with Gasteiger partial charge in [0.15, 0.2) is 0 Å². The van der Waals surface area contributed by atoms with Crippen molar-refractivity contribution in [2.75, 3.05) is 0 Å². The molecule has 0 bridgehead atoms. The molecule has 0 aromatic carbocycles. The van der Waals surface area contributed by atoms with Crippen LogP contribution in [0.2, 0.25) is 0 Å². The van der Waals surface area contributed by atoms with Gasteiger partial charge in [0.25, 0.3) is 0 Å². The monoisotopic (exact) mass is 194 g/mol. The Kier molecular flexibility index (Phi) is 7.55. The molecule has 0 amide bonds. The van der Waals surface area contributed by atoms with Gasteiger partial charge >= 0.3 is 0 Å². The number of allylic oxidation sites excluding steroid dienone is 3. The molecule has 0 heterocycles. The highest BCUT2D eigenvalue weighted by atomic mass is 14.0. The molecule has 14 heavy (non-hydrogen) atoms. The minimum absolute atomic E-state index is 0.835. The number of rotatable bonds is 7. The third-order valence-corrected chi connectivity index (χ3v) is 2.83. The molecule has 0 heteroatoms. The molecule has 0 aliphatic carbocycles. The summed E-state index contributed by atoms with van der Waals surface area (Å²) in [6, 6.07) is 0. The molecule has 0 aromatic heterocycles. The summed E-state index contributed by atoms with van der Waals surface area (Å²) in [5.74, 6) is 0.835. The van der Waals surface area contributed by atoms with E-state index in [-0.39, 0.29) is 0 Å². The standard InChI is InChI=1S/C14H26/c1-6-13(5)9-11-14(7-2)10-8-12(3)4/h11,13H,3,6-10H2,1-2,4-5H3. The van der Waals surface area contributed by atoms with Crippen LogP contribution in [0, 0.1) is 5.92 Å². The zero-order valence-electron chi connectivity index (χ0n) is 10.4. The van der Waals surface area contributed by atoms with Crippen molar-refractivity contribution >= 4 is 0 Å². The van der Waals surface area contributed by atoms with Crippen LogP contribution in [0.5, 0.6) is 0 Å². The Morgan fingerprint density at radius 2 is 1.93 bits per heavy atom. The normalized spacial score (nSPS) is 14.1. The summed E-state index contributed by atoms with van der Waals surface area (Å²) in [4.78, 5) is 0. The quantitative estimate of drug-likeness (QED) is 0.494. The van der Waals surface area contributed by atoms with Crippen molar-refractivity contribution in [3.05, 3.63) is 23.8 Å². The Bertz CT molecular complexity index is 186. The molecule has 0 aromatic rings. The van der Waals surface area contributed by atoms with E-state index in [4.69, 9.17) is 0 Å². The van der Waals surface area contributed by atoms with Crippen molar-refractivity contribution in [3.8, 4) is 0 Å². The summed E-state index contributed by atoms with van der Waals surface area (Å²) >= 11 is 0. The van der Waals surface area contributed by atoms with E-state index in [0.717, 1.165) is 12.3 Å². The van der Waals surface area contributed by atoms with Gasteiger partial charge in [0.2, 0.25) is 0 Å². The lowest BCUT2D eigenvalue weighted by Crippen LogP contribution is -1.91. The molecule has 0 saturated carbocycles. The Morgan fingerprint density at radius 3 is 2.36 bits per heavy atom. The first kappa shape index (κ1) is 13.5. The zero-order valence-corrected chi connectivity index (χ0v) is 10.4. The minimum atomic E-state index is 0.835. The van der Waals surface area contributed by atoms with E-state index in [0.29, 0.717) is 0 Å². The smallest absolute Gasteiger partial charge is 0.0283 e. The van der Waals surface area contributed by atoms with Crippen molar-refractivity contribution < 1.29 is 0 Å². The summed E-state index contributed by atoms with van der Waals surface area (Å²) < 4.78 is 0. The Hall–Kier alpha value is -0.520. The highest BCUT2D eigenvalue weighted by Crippen LogP contribution is 2.16. The molecule has 0 spiro atoms. The zero-order chi connectivity index (χ0) is 11.0. The average Bonchev–Trinajstić information content (AvgIpc) is 2.17. The van der Waals surface area contributed by atoms with E-state index in [1.165, 1.54) is 31.3 Å². The molecule has 0 aliphatic heterocycles. The SMILES string of the molecule is C=C(C)CCC(=CCC(C)CC)CC. The van der Waals surface area contributed by atoms with Gasteiger partial charge in [-0.05, 0) is 38.5 Å². The molecular formula is C14H26. The largest absolute Gasteiger partial charge is 0.100 e. The van der Waals surface area contributed by atoms with Crippen molar-refractivity contribution in [1.29, 1.82) is 0 Å². The van der Waals surface area contributed by atoms with Gasteiger partial charge in [-0.3, -0.25) is 0 Å². The van der Waals surface area contributed by atoms with Crippen molar-refractivity contribution in [2.45, 2.75) is 59.8 Å². The summed E-state index contributed by atoms with van der Waals surface area (Å²) in [5, 5.41) is 0. The number of hydrogen-bond donors (Lipinski definition) is 0. The number of hydrogen-bond acceptors (Lipinski definition) is 0. The van der Waals surface area contributed by atoms with Gasteiger partial charge in [-0.2, -0.15) is 0 Å². The average molecular weight is 194 g/mol. The van der Waals surface area contributed by atoms with Gasteiger partial charge < -0.3 is 0 Å². The van der Waals surface area contributed by atoms with E-state index in [9.17, 15) is 0 Å². The van der Waals surface area contributed by atoms with E-state index in [1.807, 2.05) is 0 Å². The predicted octanol–water partition coefficient (Wildman–Crippen LogP) is 5.12. The predicted molar refractivity (Wildman–Crippen MR) is 66.5 cm³/mol. The summed E-state index contributed by atoms with van der Waals surface area (Å²) in [7, 11) is 0. The fourth-order valence-electron chi connectivity index (χ4n) is 1.33. The lowest BCUT2D eigenvalue weighted by molar-refractivity contribution is 0.568. The second kappa shape index (κ2) is 7.84. The van der Waals surface area contributed by atoms with Gasteiger partial charge in [0.05, 0.1) is 0 Å². The van der Waals surface area contributed by atoms with E-state index < -0.39 is 0 Å². The van der Waals surface area contributed by atoms with Gasteiger partial charge in [-0.25, -0.2) is 0 Å². The maximum Gasteiger partial charge on any atom is -0.0283 e. The van der Waals surface area contributed by atoms with Gasteiger partial charge in [0.1, 0.15) is 0 Å². The molecule has 0 saturated heterocycles. The molecular weight excluding hydrogens is 168 g/mol. The molecule has 0 N–H and O–H groups in total. The highest BCUT2D eigenvalue weighted by Gasteiger charge is 1.98. The van der Waals surface area contributed by atoms with Gasteiger partial charge in [0, 0.05) is 0 Å². The second-order valence-corrected chi connectivity index (χ2v) is 4.42. The van der Waals surface area contributed by atoms with Crippen LogP contribution in [0.25, 0.3) is 0 Å². The second-order valence-electron chi connectivity index (χ2n) is 4.42. The van der Waals surface area contributed by atoms with Crippen molar-refractivity contribution in [3.63, 3.8) is 0 Å². The van der Waals surface area contributed by atoms with Crippen LogP contribution in [0.4, 0.5) is 0 Å². The van der Waals surface area contributed by atoms with Crippen LogP contribution in [0.1, 0.15) is 59.8 Å². The van der Waals surface area contributed by atoms with E-state index in [2.05, 4.69) is 40.3 Å². The van der Waals surface area contributed by atoms with Gasteiger partial charge in [-0.1, -0.05) is 44.4 Å². The minimum Gasteiger partial charge on any atom is -0.100 e. The summed E-state index contributed by atoms with van der Waals surface area (Å²) in [5.41, 5.74) is 2.90. The lowest BCUT2D eigenvalue weighted by atomic mass is 9.99. The first-order valence-corrected chi connectivity index (χ1v) is 5.92. The molecule has 0 radical (unpaired) electrons. The summed E-state index contributed by atoms with van der Waals surface area (Å²) in [6.07, 6.45) is 8.53. The van der Waals surface area contributed by atoms with Crippen LogP contribution in [0.15, 0.2) is 23.8 Å². The van der Waals surface area contributed by atoms with Crippen molar-refractivity contribution in [2.24, 2.45) is 5.92 Å². The molecule has 0 aliphatic rings. The molecule has 1 atom stereocenters. The molecule has 0 fully saturated rings. The first-order valence-electron chi connectivity index (χ1n) is 5.92. The maximum absolute atomic E-state index is 3.95. The van der Waals surface area contributed by atoms with Crippen LogP contribution in [-0.2, 0) is 0 Å². The Morgan fingerprint density at radius 1 is 1.29 bits per heavy atom. The van der Waals surface area contributed by atoms with E-state index >= 15 is 0 Å². The fourth-order valence-corrected chi connectivity index (χ4v) is 1.33.